The van der Waals surface area contributed by atoms with Gasteiger partial charge in [0.05, 0.1) is 18.6 Å². The SMILES string of the molecule is CCNCCOCCOC(=O)CC[C@H](NC(=O)c1ccc(CCc2c[nH]c3nc(N)[nH]c(=O)c23)cc1)C(=O)O. The Kier molecular flexibility index (Phi) is 11.0. The van der Waals surface area contributed by atoms with Gasteiger partial charge in [0.15, 0.2) is 0 Å². The highest BCUT2D eigenvalue weighted by atomic mass is 16.6. The minimum absolute atomic E-state index is 0.0385. The van der Waals surface area contributed by atoms with Crippen molar-refractivity contribution < 1.29 is 29.0 Å². The number of esters is 1. The smallest absolute Gasteiger partial charge is 0.326 e. The molecule has 0 saturated carbocycles. The van der Waals surface area contributed by atoms with Crippen molar-refractivity contribution in [3.63, 3.8) is 0 Å². The highest BCUT2D eigenvalue weighted by molar-refractivity contribution is 5.96. The molecule has 0 unspecified atom stereocenters. The van der Waals surface area contributed by atoms with Gasteiger partial charge >= 0.3 is 11.9 Å². The summed E-state index contributed by atoms with van der Waals surface area (Å²) in [7, 11) is 0. The Balaban J connectivity index is 1.45. The minimum atomic E-state index is -1.25. The Morgan fingerprint density at radius 3 is 2.62 bits per heavy atom. The van der Waals surface area contributed by atoms with Crippen molar-refractivity contribution in [2.45, 2.75) is 38.6 Å². The van der Waals surface area contributed by atoms with E-state index in [-0.39, 0.29) is 43.1 Å². The molecule has 13 heteroatoms. The fourth-order valence-corrected chi connectivity index (χ4v) is 3.89. The first kappa shape index (κ1) is 29.3. The number of hydrogen-bond donors (Lipinski definition) is 6. The summed E-state index contributed by atoms with van der Waals surface area (Å²) in [5.41, 5.74) is 7.68. The summed E-state index contributed by atoms with van der Waals surface area (Å²) in [6.07, 6.45) is 2.60. The van der Waals surface area contributed by atoms with Gasteiger partial charge in [0.2, 0.25) is 5.95 Å². The number of aryl methyl sites for hydroxylation is 2. The number of carbonyl (C=O) groups is 3. The zero-order chi connectivity index (χ0) is 28.2. The van der Waals surface area contributed by atoms with Gasteiger partial charge in [0.1, 0.15) is 18.3 Å². The number of amides is 1. The number of fused-ring (bicyclic) bond motifs is 1. The number of rotatable bonds is 16. The molecule has 1 amide bonds. The maximum atomic E-state index is 12.6. The summed E-state index contributed by atoms with van der Waals surface area (Å²) < 4.78 is 10.4. The van der Waals surface area contributed by atoms with E-state index < -0.39 is 23.9 Å². The first-order valence-corrected chi connectivity index (χ1v) is 12.7. The molecule has 0 aliphatic heterocycles. The van der Waals surface area contributed by atoms with Crippen molar-refractivity contribution in [2.24, 2.45) is 0 Å². The fourth-order valence-electron chi connectivity index (χ4n) is 3.89. The number of nitrogen functional groups attached to an aromatic ring is 1. The summed E-state index contributed by atoms with van der Waals surface area (Å²) in [6, 6.07) is 5.47. The van der Waals surface area contributed by atoms with Gasteiger partial charge < -0.3 is 35.9 Å². The number of nitrogens with one attached hydrogen (secondary N) is 4. The van der Waals surface area contributed by atoms with E-state index in [0.717, 1.165) is 17.7 Å². The second-order valence-electron chi connectivity index (χ2n) is 8.77. The zero-order valence-electron chi connectivity index (χ0n) is 21.7. The lowest BCUT2D eigenvalue weighted by Gasteiger charge is -2.14. The summed E-state index contributed by atoms with van der Waals surface area (Å²) in [5, 5.41) is 15.5. The van der Waals surface area contributed by atoms with Crippen LogP contribution in [-0.2, 0) is 31.9 Å². The van der Waals surface area contributed by atoms with Crippen molar-refractivity contribution in [3.05, 3.63) is 57.5 Å². The van der Waals surface area contributed by atoms with E-state index in [4.69, 9.17) is 15.2 Å². The van der Waals surface area contributed by atoms with Gasteiger partial charge in [-0.3, -0.25) is 19.4 Å². The van der Waals surface area contributed by atoms with E-state index in [1.807, 2.05) is 6.92 Å². The van der Waals surface area contributed by atoms with E-state index in [2.05, 4.69) is 25.6 Å². The molecule has 3 aromatic rings. The van der Waals surface area contributed by atoms with Crippen molar-refractivity contribution in [1.29, 1.82) is 0 Å². The van der Waals surface area contributed by atoms with Crippen LogP contribution in [-0.4, -0.2) is 76.9 Å². The molecule has 2 heterocycles. The van der Waals surface area contributed by atoms with Crippen LogP contribution in [0.1, 0.15) is 41.3 Å². The number of nitrogens with zero attached hydrogens (tertiary/aromatic N) is 1. The van der Waals surface area contributed by atoms with Gasteiger partial charge in [0, 0.05) is 24.7 Å². The first-order chi connectivity index (χ1) is 18.8. The van der Waals surface area contributed by atoms with E-state index in [9.17, 15) is 24.3 Å². The molecule has 0 aliphatic rings. The number of carboxylic acid groups (broad SMARTS) is 1. The zero-order valence-corrected chi connectivity index (χ0v) is 21.7. The summed E-state index contributed by atoms with van der Waals surface area (Å²) >= 11 is 0. The van der Waals surface area contributed by atoms with E-state index in [1.165, 1.54) is 0 Å². The number of anilines is 1. The van der Waals surface area contributed by atoms with Crippen LogP contribution in [0.5, 0.6) is 0 Å². The average molecular weight is 543 g/mol. The highest BCUT2D eigenvalue weighted by Crippen LogP contribution is 2.16. The van der Waals surface area contributed by atoms with Crippen molar-refractivity contribution in [2.75, 3.05) is 38.6 Å². The fraction of sp³-hybridized carbons (Fsp3) is 0.423. The van der Waals surface area contributed by atoms with Crippen LogP contribution in [0.4, 0.5) is 5.95 Å². The summed E-state index contributed by atoms with van der Waals surface area (Å²) in [5.74, 6) is -2.34. The van der Waals surface area contributed by atoms with Crippen LogP contribution < -0.4 is 21.9 Å². The molecule has 210 valence electrons. The average Bonchev–Trinajstić information content (AvgIpc) is 3.32. The molecule has 13 nitrogen and oxygen atoms in total. The number of hydrogen-bond acceptors (Lipinski definition) is 9. The third-order valence-corrected chi connectivity index (χ3v) is 5.95. The molecular formula is C26H34N6O7. The Bertz CT molecular complexity index is 1320. The third kappa shape index (κ3) is 8.93. The second-order valence-corrected chi connectivity index (χ2v) is 8.77. The molecule has 0 saturated heterocycles. The number of aromatic nitrogens is 3. The van der Waals surface area contributed by atoms with E-state index in [1.54, 1.807) is 30.5 Å². The second kappa shape index (κ2) is 14.6. The van der Waals surface area contributed by atoms with Crippen LogP contribution in [0.2, 0.25) is 0 Å². The number of aromatic amines is 2. The molecule has 0 radical (unpaired) electrons. The minimum Gasteiger partial charge on any atom is -0.480 e. The molecule has 7 N–H and O–H groups in total. The van der Waals surface area contributed by atoms with Crippen LogP contribution in [0.25, 0.3) is 11.0 Å². The van der Waals surface area contributed by atoms with Crippen molar-refractivity contribution in [1.82, 2.24) is 25.6 Å². The normalized spacial score (nSPS) is 11.8. The van der Waals surface area contributed by atoms with Gasteiger partial charge in [0.25, 0.3) is 11.5 Å². The van der Waals surface area contributed by atoms with Crippen molar-refractivity contribution >= 4 is 34.8 Å². The largest absolute Gasteiger partial charge is 0.480 e. The Labute approximate surface area is 224 Å². The highest BCUT2D eigenvalue weighted by Gasteiger charge is 2.22. The van der Waals surface area contributed by atoms with E-state index in [0.29, 0.717) is 37.0 Å². The van der Waals surface area contributed by atoms with Gasteiger partial charge in [-0.2, -0.15) is 4.98 Å². The molecule has 0 bridgehead atoms. The number of benzene rings is 1. The van der Waals surface area contributed by atoms with Gasteiger partial charge in [-0.25, -0.2) is 4.79 Å². The lowest BCUT2D eigenvalue weighted by atomic mass is 10.0. The predicted molar refractivity (Wildman–Crippen MR) is 143 cm³/mol. The number of H-pyrrole nitrogens is 2. The van der Waals surface area contributed by atoms with Crippen LogP contribution >= 0.6 is 0 Å². The number of carboxylic acids is 1. The Morgan fingerprint density at radius 2 is 1.90 bits per heavy atom. The van der Waals surface area contributed by atoms with Crippen LogP contribution in [0.15, 0.2) is 35.3 Å². The number of ether oxygens (including phenoxy) is 2. The van der Waals surface area contributed by atoms with Gasteiger partial charge in [-0.15, -0.1) is 0 Å². The van der Waals surface area contributed by atoms with Crippen molar-refractivity contribution in [3.8, 4) is 0 Å². The summed E-state index contributed by atoms with van der Waals surface area (Å²) in [6.45, 7) is 4.35. The molecule has 1 aromatic carbocycles. The maximum absolute atomic E-state index is 12.6. The molecular weight excluding hydrogens is 508 g/mol. The number of likely N-dealkylation sites (N-methyl/N-ethyl adjacent to an activating group) is 1. The predicted octanol–water partition coefficient (Wildman–Crippen LogP) is 0.751. The molecule has 0 aliphatic carbocycles. The number of aliphatic carboxylic acids is 1. The molecule has 3 rings (SSSR count). The molecule has 2 aromatic heterocycles. The number of carbonyl (C=O) groups excluding carboxylic acids is 2. The molecule has 1 atom stereocenters. The summed E-state index contributed by atoms with van der Waals surface area (Å²) in [4.78, 5) is 57.9. The molecule has 0 spiro atoms. The molecule has 0 fully saturated rings. The third-order valence-electron chi connectivity index (χ3n) is 5.95. The van der Waals surface area contributed by atoms with Gasteiger partial charge in [-0.05, 0) is 49.1 Å². The lowest BCUT2D eigenvalue weighted by Crippen LogP contribution is -2.41. The van der Waals surface area contributed by atoms with Crippen LogP contribution in [0.3, 0.4) is 0 Å². The molecule has 39 heavy (non-hydrogen) atoms. The quantitative estimate of drug-likeness (QED) is 0.111. The first-order valence-electron chi connectivity index (χ1n) is 12.7. The lowest BCUT2D eigenvalue weighted by molar-refractivity contribution is -0.146. The maximum Gasteiger partial charge on any atom is 0.326 e. The van der Waals surface area contributed by atoms with Gasteiger partial charge in [-0.1, -0.05) is 19.1 Å². The Hall–Kier alpha value is -4.23. The van der Waals surface area contributed by atoms with E-state index >= 15 is 0 Å². The topological polar surface area (TPSA) is 202 Å². The monoisotopic (exact) mass is 542 g/mol. The Morgan fingerprint density at radius 1 is 1.13 bits per heavy atom. The number of nitrogens with two attached hydrogens (primary N) is 1. The standard InChI is InChI=1S/C26H34N6O7/c1-2-28-11-12-38-13-14-39-20(33)10-9-19(25(36)37)30-23(34)17-6-3-16(4-7-17)5-8-18-15-29-22-21(18)24(35)32-26(27)31-22/h3-4,6-7,15,19,28H,2,5,8-14H2,1H3,(H,30,34)(H,36,37)(H4,27,29,31,32,35)/t19-/m0/s1. The van der Waals surface area contributed by atoms with Crippen LogP contribution in [0, 0.1) is 0 Å².